The molecule has 0 saturated carbocycles. The molecule has 0 radical (unpaired) electrons. The van der Waals surface area contributed by atoms with Crippen LogP contribution in [0.3, 0.4) is 0 Å². The van der Waals surface area contributed by atoms with E-state index in [1.807, 2.05) is 37.0 Å². The monoisotopic (exact) mass is 239 g/mol. The van der Waals surface area contributed by atoms with Crippen molar-refractivity contribution in [3.63, 3.8) is 0 Å². The molecule has 1 amide bonds. The SMILES string of the molecule is COCCNC(=O)C(C)NCc1ccn(C)c1. The highest BCUT2D eigenvalue weighted by atomic mass is 16.5. The maximum atomic E-state index is 11.6. The summed E-state index contributed by atoms with van der Waals surface area (Å²) in [4.78, 5) is 11.6. The zero-order valence-electron chi connectivity index (χ0n) is 10.7. The lowest BCUT2D eigenvalue weighted by Crippen LogP contribution is -2.42. The van der Waals surface area contributed by atoms with Crippen molar-refractivity contribution < 1.29 is 9.53 Å². The van der Waals surface area contributed by atoms with Gasteiger partial charge in [0.2, 0.25) is 5.91 Å². The van der Waals surface area contributed by atoms with Gasteiger partial charge in [-0.05, 0) is 18.6 Å². The summed E-state index contributed by atoms with van der Waals surface area (Å²) in [5, 5.41) is 5.97. The first kappa shape index (κ1) is 13.7. The summed E-state index contributed by atoms with van der Waals surface area (Å²) < 4.78 is 6.85. The molecule has 0 aliphatic heterocycles. The molecule has 0 fully saturated rings. The lowest BCUT2D eigenvalue weighted by atomic mass is 10.2. The van der Waals surface area contributed by atoms with E-state index in [1.165, 1.54) is 5.56 Å². The van der Waals surface area contributed by atoms with Crippen molar-refractivity contribution in [2.24, 2.45) is 7.05 Å². The molecule has 1 aromatic rings. The molecular formula is C12H21N3O2. The maximum absolute atomic E-state index is 11.6. The summed E-state index contributed by atoms with van der Waals surface area (Å²) in [6, 6.07) is 1.83. The highest BCUT2D eigenvalue weighted by Crippen LogP contribution is 1.99. The summed E-state index contributed by atoms with van der Waals surface area (Å²) in [5.41, 5.74) is 1.17. The number of rotatable bonds is 7. The van der Waals surface area contributed by atoms with Crippen LogP contribution in [0.1, 0.15) is 12.5 Å². The van der Waals surface area contributed by atoms with E-state index in [-0.39, 0.29) is 11.9 Å². The van der Waals surface area contributed by atoms with E-state index in [2.05, 4.69) is 10.6 Å². The first-order chi connectivity index (χ1) is 8.13. The Morgan fingerprint density at radius 3 is 2.94 bits per heavy atom. The first-order valence-corrected chi connectivity index (χ1v) is 5.74. The molecule has 5 heteroatoms. The normalized spacial score (nSPS) is 12.4. The van der Waals surface area contributed by atoms with Crippen molar-refractivity contribution >= 4 is 5.91 Å². The number of carbonyl (C=O) groups excluding carboxylic acids is 1. The third kappa shape index (κ3) is 5.01. The average molecular weight is 239 g/mol. The zero-order chi connectivity index (χ0) is 12.7. The number of hydrogen-bond donors (Lipinski definition) is 2. The van der Waals surface area contributed by atoms with Crippen LogP contribution in [0.2, 0.25) is 0 Å². The minimum Gasteiger partial charge on any atom is -0.383 e. The summed E-state index contributed by atoms with van der Waals surface area (Å²) in [5.74, 6) is -0.00187. The van der Waals surface area contributed by atoms with Crippen molar-refractivity contribution in [3.05, 3.63) is 24.0 Å². The Labute approximate surface area is 102 Å². The number of hydrogen-bond acceptors (Lipinski definition) is 3. The van der Waals surface area contributed by atoms with Crippen LogP contribution in [-0.4, -0.2) is 36.8 Å². The van der Waals surface area contributed by atoms with Gasteiger partial charge in [-0.15, -0.1) is 0 Å². The van der Waals surface area contributed by atoms with E-state index in [4.69, 9.17) is 4.74 Å². The quantitative estimate of drug-likeness (QED) is 0.671. The van der Waals surface area contributed by atoms with Crippen LogP contribution in [0.5, 0.6) is 0 Å². The second-order valence-corrected chi connectivity index (χ2v) is 4.07. The minimum absolute atomic E-state index is 0.00187. The van der Waals surface area contributed by atoms with E-state index in [9.17, 15) is 4.79 Å². The molecule has 5 nitrogen and oxygen atoms in total. The Morgan fingerprint density at radius 2 is 2.35 bits per heavy atom. The number of amides is 1. The standard InChI is InChI=1S/C12H21N3O2/c1-10(12(16)13-5-7-17-3)14-8-11-4-6-15(2)9-11/h4,6,9-10,14H,5,7-8H2,1-3H3,(H,13,16). The van der Waals surface area contributed by atoms with Crippen molar-refractivity contribution in [2.45, 2.75) is 19.5 Å². The highest BCUT2D eigenvalue weighted by molar-refractivity contribution is 5.81. The van der Waals surface area contributed by atoms with Crippen LogP contribution in [0, 0.1) is 0 Å². The van der Waals surface area contributed by atoms with Gasteiger partial charge in [-0.1, -0.05) is 0 Å². The van der Waals surface area contributed by atoms with E-state index >= 15 is 0 Å². The second kappa shape index (κ2) is 7.09. The van der Waals surface area contributed by atoms with Crippen LogP contribution in [0.25, 0.3) is 0 Å². The second-order valence-electron chi connectivity index (χ2n) is 4.07. The molecule has 0 aliphatic carbocycles. The molecule has 1 unspecified atom stereocenters. The zero-order valence-corrected chi connectivity index (χ0v) is 10.7. The first-order valence-electron chi connectivity index (χ1n) is 5.74. The van der Waals surface area contributed by atoms with Gasteiger partial charge in [0.25, 0.3) is 0 Å². The van der Waals surface area contributed by atoms with Gasteiger partial charge in [0.1, 0.15) is 0 Å². The Balaban J connectivity index is 2.24. The van der Waals surface area contributed by atoms with Gasteiger partial charge >= 0.3 is 0 Å². The fraction of sp³-hybridized carbons (Fsp3) is 0.583. The topological polar surface area (TPSA) is 55.3 Å². The molecule has 0 spiro atoms. The lowest BCUT2D eigenvalue weighted by molar-refractivity contribution is -0.122. The van der Waals surface area contributed by atoms with Crippen LogP contribution in [0.15, 0.2) is 18.5 Å². The van der Waals surface area contributed by atoms with E-state index in [0.717, 1.165) is 0 Å². The molecular weight excluding hydrogens is 218 g/mol. The molecule has 96 valence electrons. The van der Waals surface area contributed by atoms with Crippen LogP contribution in [-0.2, 0) is 23.1 Å². The smallest absolute Gasteiger partial charge is 0.236 e. The van der Waals surface area contributed by atoms with Crippen LogP contribution in [0.4, 0.5) is 0 Å². The van der Waals surface area contributed by atoms with Gasteiger partial charge in [-0.25, -0.2) is 0 Å². The molecule has 1 atom stereocenters. The van der Waals surface area contributed by atoms with Crippen molar-refractivity contribution in [3.8, 4) is 0 Å². The Kier molecular flexibility index (Phi) is 5.72. The molecule has 0 bridgehead atoms. The van der Waals surface area contributed by atoms with Crippen LogP contribution >= 0.6 is 0 Å². The van der Waals surface area contributed by atoms with E-state index in [0.29, 0.717) is 19.7 Å². The molecule has 0 aliphatic rings. The minimum atomic E-state index is -0.202. The van der Waals surface area contributed by atoms with Gasteiger partial charge in [-0.3, -0.25) is 4.79 Å². The van der Waals surface area contributed by atoms with Crippen LogP contribution < -0.4 is 10.6 Å². The molecule has 17 heavy (non-hydrogen) atoms. The third-order valence-corrected chi connectivity index (χ3v) is 2.50. The number of aromatic nitrogens is 1. The Bertz CT molecular complexity index is 349. The van der Waals surface area contributed by atoms with Crippen molar-refractivity contribution in [1.29, 1.82) is 0 Å². The molecule has 0 saturated heterocycles. The predicted molar refractivity (Wildman–Crippen MR) is 66.6 cm³/mol. The number of ether oxygens (including phenoxy) is 1. The number of carbonyl (C=O) groups is 1. The fourth-order valence-corrected chi connectivity index (χ4v) is 1.46. The van der Waals surface area contributed by atoms with E-state index < -0.39 is 0 Å². The van der Waals surface area contributed by atoms with Gasteiger partial charge in [0.05, 0.1) is 12.6 Å². The summed E-state index contributed by atoms with van der Waals surface area (Å²) >= 11 is 0. The third-order valence-electron chi connectivity index (χ3n) is 2.50. The number of aryl methyl sites for hydroxylation is 1. The van der Waals surface area contributed by atoms with Gasteiger partial charge in [0.15, 0.2) is 0 Å². The average Bonchev–Trinajstić information content (AvgIpc) is 2.72. The highest BCUT2D eigenvalue weighted by Gasteiger charge is 2.11. The Morgan fingerprint density at radius 1 is 1.59 bits per heavy atom. The fourth-order valence-electron chi connectivity index (χ4n) is 1.46. The molecule has 0 aromatic carbocycles. The number of nitrogens with one attached hydrogen (secondary N) is 2. The molecule has 1 aromatic heterocycles. The molecule has 1 heterocycles. The summed E-state index contributed by atoms with van der Waals surface area (Å²) in [6.45, 7) is 3.63. The Hall–Kier alpha value is -1.33. The lowest BCUT2D eigenvalue weighted by Gasteiger charge is -2.13. The van der Waals surface area contributed by atoms with Gasteiger partial charge < -0.3 is 19.9 Å². The largest absolute Gasteiger partial charge is 0.383 e. The maximum Gasteiger partial charge on any atom is 0.236 e. The van der Waals surface area contributed by atoms with Crippen molar-refractivity contribution in [2.75, 3.05) is 20.3 Å². The number of methoxy groups -OCH3 is 1. The molecule has 2 N–H and O–H groups in total. The molecule has 1 rings (SSSR count). The predicted octanol–water partition coefficient (Wildman–Crippen LogP) is 0.266. The summed E-state index contributed by atoms with van der Waals surface area (Å²) in [6.07, 6.45) is 4.02. The van der Waals surface area contributed by atoms with E-state index in [1.54, 1.807) is 7.11 Å². The summed E-state index contributed by atoms with van der Waals surface area (Å²) in [7, 11) is 3.59. The number of nitrogens with zero attached hydrogens (tertiary/aromatic N) is 1. The van der Waals surface area contributed by atoms with Gasteiger partial charge in [-0.2, -0.15) is 0 Å². The van der Waals surface area contributed by atoms with Gasteiger partial charge in [0, 0.05) is 39.6 Å². The van der Waals surface area contributed by atoms with Crippen molar-refractivity contribution in [1.82, 2.24) is 15.2 Å².